The summed E-state index contributed by atoms with van der Waals surface area (Å²) in [6.45, 7) is 2.31. The number of rotatable bonds is 5. The second kappa shape index (κ2) is 7.57. The van der Waals surface area contributed by atoms with Crippen LogP contribution in [0.3, 0.4) is 0 Å². The molecule has 2 aromatic rings. The third-order valence-corrected chi connectivity index (χ3v) is 3.55. The summed E-state index contributed by atoms with van der Waals surface area (Å²) in [5, 5.41) is 3.26. The lowest BCUT2D eigenvalue weighted by Crippen LogP contribution is -2.07. The summed E-state index contributed by atoms with van der Waals surface area (Å²) in [6.07, 6.45) is -4.35. The van der Waals surface area contributed by atoms with Crippen LogP contribution in [0.15, 0.2) is 42.5 Å². The predicted octanol–water partition coefficient (Wildman–Crippen LogP) is 5.15. The van der Waals surface area contributed by atoms with E-state index in [0.29, 0.717) is 12.2 Å². The number of benzene rings is 2. The quantitative estimate of drug-likeness (QED) is 0.752. The number of hydrogen-bond donors (Lipinski definition) is 1. The zero-order valence-electron chi connectivity index (χ0n) is 12.8. The van der Waals surface area contributed by atoms with Crippen molar-refractivity contribution in [3.63, 3.8) is 0 Å². The Labute approximate surface area is 142 Å². The van der Waals surface area contributed by atoms with Gasteiger partial charge in [-0.05, 0) is 48.9 Å². The fraction of sp³-hybridized carbons (Fsp3) is 0.235. The van der Waals surface area contributed by atoms with Crippen molar-refractivity contribution in [3.05, 3.63) is 64.2 Å². The van der Waals surface area contributed by atoms with Gasteiger partial charge < -0.3 is 10.1 Å². The minimum atomic E-state index is -4.35. The number of esters is 1. The fourth-order valence-corrected chi connectivity index (χ4v) is 2.30. The minimum Gasteiger partial charge on any atom is -0.462 e. The number of hydrogen-bond acceptors (Lipinski definition) is 3. The molecule has 0 spiro atoms. The Morgan fingerprint density at radius 2 is 1.83 bits per heavy atom. The number of alkyl halides is 3. The molecule has 0 fully saturated rings. The van der Waals surface area contributed by atoms with E-state index in [-0.39, 0.29) is 17.2 Å². The molecule has 2 rings (SSSR count). The van der Waals surface area contributed by atoms with Crippen LogP contribution in [0.4, 0.5) is 18.9 Å². The lowest BCUT2D eigenvalue weighted by molar-refractivity contribution is -0.137. The number of carbonyl (C=O) groups excluding carboxylic acids is 1. The normalized spacial score (nSPS) is 11.2. The average molecular weight is 358 g/mol. The highest BCUT2D eigenvalue weighted by atomic mass is 35.5. The van der Waals surface area contributed by atoms with Gasteiger partial charge in [0.25, 0.3) is 0 Å². The highest BCUT2D eigenvalue weighted by Gasteiger charge is 2.29. The smallest absolute Gasteiger partial charge is 0.416 e. The largest absolute Gasteiger partial charge is 0.462 e. The first-order chi connectivity index (χ1) is 11.3. The Balaban J connectivity index is 2.02. The molecule has 0 saturated carbocycles. The monoisotopic (exact) mass is 357 g/mol. The maximum Gasteiger partial charge on any atom is 0.416 e. The first kappa shape index (κ1) is 18.1. The van der Waals surface area contributed by atoms with E-state index in [1.54, 1.807) is 25.1 Å². The standard InChI is InChI=1S/C17H15ClF3NO2/c1-2-24-16(23)14-8-3-11(9-15(14)18)10-22-13-6-4-12(5-7-13)17(19,20)21/h3-9,22H,2,10H2,1H3. The van der Waals surface area contributed by atoms with E-state index in [2.05, 4.69) is 5.32 Å². The molecule has 0 aliphatic heterocycles. The molecule has 0 atom stereocenters. The first-order valence-corrected chi connectivity index (χ1v) is 7.55. The first-order valence-electron chi connectivity index (χ1n) is 7.18. The van der Waals surface area contributed by atoms with Crippen molar-refractivity contribution < 1.29 is 22.7 Å². The Morgan fingerprint density at radius 3 is 2.38 bits per heavy atom. The van der Waals surface area contributed by atoms with Crippen LogP contribution >= 0.6 is 11.6 Å². The van der Waals surface area contributed by atoms with Crippen LogP contribution in [-0.4, -0.2) is 12.6 Å². The molecule has 128 valence electrons. The van der Waals surface area contributed by atoms with E-state index in [9.17, 15) is 18.0 Å². The molecule has 0 unspecified atom stereocenters. The lowest BCUT2D eigenvalue weighted by Gasteiger charge is -2.11. The molecule has 0 radical (unpaired) electrons. The Morgan fingerprint density at radius 1 is 1.17 bits per heavy atom. The molecule has 1 N–H and O–H groups in total. The van der Waals surface area contributed by atoms with Gasteiger partial charge in [0.1, 0.15) is 0 Å². The molecule has 24 heavy (non-hydrogen) atoms. The van der Waals surface area contributed by atoms with Crippen LogP contribution in [0.25, 0.3) is 0 Å². The van der Waals surface area contributed by atoms with E-state index in [1.165, 1.54) is 12.1 Å². The molecule has 0 aliphatic rings. The van der Waals surface area contributed by atoms with Crippen molar-refractivity contribution in [2.24, 2.45) is 0 Å². The van der Waals surface area contributed by atoms with E-state index in [1.807, 2.05) is 0 Å². The Hall–Kier alpha value is -2.21. The van der Waals surface area contributed by atoms with Crippen molar-refractivity contribution in [2.75, 3.05) is 11.9 Å². The van der Waals surface area contributed by atoms with Gasteiger partial charge in [-0.25, -0.2) is 4.79 Å². The summed E-state index contributed by atoms with van der Waals surface area (Å²) in [4.78, 5) is 11.7. The average Bonchev–Trinajstić information content (AvgIpc) is 2.52. The molecule has 0 aliphatic carbocycles. The zero-order valence-corrected chi connectivity index (χ0v) is 13.5. The maximum absolute atomic E-state index is 12.5. The third kappa shape index (κ3) is 4.64. The molecule has 3 nitrogen and oxygen atoms in total. The van der Waals surface area contributed by atoms with E-state index in [4.69, 9.17) is 16.3 Å². The van der Waals surface area contributed by atoms with Gasteiger partial charge in [-0.3, -0.25) is 0 Å². The van der Waals surface area contributed by atoms with Gasteiger partial charge in [-0.1, -0.05) is 17.7 Å². The second-order valence-electron chi connectivity index (χ2n) is 4.96. The van der Waals surface area contributed by atoms with Crippen LogP contribution in [-0.2, 0) is 17.5 Å². The van der Waals surface area contributed by atoms with Crippen LogP contribution < -0.4 is 5.32 Å². The predicted molar refractivity (Wildman–Crippen MR) is 86.2 cm³/mol. The van der Waals surface area contributed by atoms with E-state index >= 15 is 0 Å². The number of ether oxygens (including phenoxy) is 1. The van der Waals surface area contributed by atoms with Crippen molar-refractivity contribution in [1.29, 1.82) is 0 Å². The molecular weight excluding hydrogens is 343 g/mol. The maximum atomic E-state index is 12.5. The fourth-order valence-electron chi connectivity index (χ4n) is 2.02. The topological polar surface area (TPSA) is 38.3 Å². The zero-order chi connectivity index (χ0) is 17.7. The highest BCUT2D eigenvalue weighted by Crippen LogP contribution is 2.30. The van der Waals surface area contributed by atoms with E-state index < -0.39 is 17.7 Å². The van der Waals surface area contributed by atoms with Crippen molar-refractivity contribution in [3.8, 4) is 0 Å². The van der Waals surface area contributed by atoms with Gasteiger partial charge in [-0.15, -0.1) is 0 Å². The Bertz CT molecular complexity index is 715. The van der Waals surface area contributed by atoms with Gasteiger partial charge in [0.15, 0.2) is 0 Å². The summed E-state index contributed by atoms with van der Waals surface area (Å²) in [6, 6.07) is 9.62. The van der Waals surface area contributed by atoms with Crippen LogP contribution in [0.2, 0.25) is 5.02 Å². The third-order valence-electron chi connectivity index (χ3n) is 3.24. The summed E-state index contributed by atoms with van der Waals surface area (Å²) < 4.78 is 42.4. The summed E-state index contributed by atoms with van der Waals surface area (Å²) in [5.41, 5.74) is 0.910. The van der Waals surface area contributed by atoms with Gasteiger partial charge in [0, 0.05) is 12.2 Å². The van der Waals surface area contributed by atoms with Gasteiger partial charge in [-0.2, -0.15) is 13.2 Å². The van der Waals surface area contributed by atoms with Crippen molar-refractivity contribution >= 4 is 23.3 Å². The van der Waals surface area contributed by atoms with E-state index in [0.717, 1.165) is 17.7 Å². The summed E-state index contributed by atoms with van der Waals surface area (Å²) in [5.74, 6) is -0.496. The minimum absolute atomic E-state index is 0.256. The number of anilines is 1. The molecule has 0 heterocycles. The van der Waals surface area contributed by atoms with Gasteiger partial charge >= 0.3 is 12.1 Å². The lowest BCUT2D eigenvalue weighted by atomic mass is 10.1. The molecule has 0 amide bonds. The SMILES string of the molecule is CCOC(=O)c1ccc(CNc2ccc(C(F)(F)F)cc2)cc1Cl. The number of halogens is 4. The van der Waals surface area contributed by atoms with Gasteiger partial charge in [0.05, 0.1) is 22.8 Å². The highest BCUT2D eigenvalue weighted by molar-refractivity contribution is 6.33. The molecule has 2 aromatic carbocycles. The van der Waals surface area contributed by atoms with Crippen LogP contribution in [0.1, 0.15) is 28.4 Å². The Kier molecular flexibility index (Phi) is 5.72. The molecular formula is C17H15ClF3NO2. The molecule has 7 heteroatoms. The molecule has 0 bridgehead atoms. The van der Waals surface area contributed by atoms with Crippen LogP contribution in [0, 0.1) is 0 Å². The van der Waals surface area contributed by atoms with Crippen LogP contribution in [0.5, 0.6) is 0 Å². The van der Waals surface area contributed by atoms with Gasteiger partial charge in [0.2, 0.25) is 0 Å². The number of nitrogens with one attached hydrogen (secondary N) is 1. The summed E-state index contributed by atoms with van der Waals surface area (Å²) in [7, 11) is 0. The molecule has 0 aromatic heterocycles. The number of carbonyl (C=O) groups is 1. The summed E-state index contributed by atoms with van der Waals surface area (Å²) >= 11 is 6.06. The second-order valence-corrected chi connectivity index (χ2v) is 5.37. The van der Waals surface area contributed by atoms with Crippen molar-refractivity contribution in [1.82, 2.24) is 0 Å². The van der Waals surface area contributed by atoms with Crippen molar-refractivity contribution in [2.45, 2.75) is 19.6 Å². The molecule has 0 saturated heterocycles.